The van der Waals surface area contributed by atoms with E-state index in [1.165, 1.54) is 19.3 Å². The van der Waals surface area contributed by atoms with Crippen molar-refractivity contribution >= 4 is 11.3 Å². The maximum absolute atomic E-state index is 9.74. The third-order valence-electron chi connectivity index (χ3n) is 2.82. The van der Waals surface area contributed by atoms with E-state index in [4.69, 9.17) is 0 Å². The van der Waals surface area contributed by atoms with E-state index in [9.17, 15) is 5.11 Å². The van der Waals surface area contributed by atoms with Crippen LogP contribution in [0.2, 0.25) is 0 Å². The Morgan fingerprint density at radius 3 is 3.00 bits per heavy atom. The van der Waals surface area contributed by atoms with Gasteiger partial charge in [-0.15, -0.1) is 11.3 Å². The van der Waals surface area contributed by atoms with Crippen LogP contribution in [0.5, 0.6) is 0 Å². The number of aliphatic hydroxyl groups is 1. The van der Waals surface area contributed by atoms with Gasteiger partial charge >= 0.3 is 0 Å². The van der Waals surface area contributed by atoms with Crippen LogP contribution in [0.25, 0.3) is 0 Å². The third kappa shape index (κ3) is 2.29. The maximum atomic E-state index is 9.74. The van der Waals surface area contributed by atoms with Crippen LogP contribution < -0.4 is 0 Å². The Morgan fingerprint density at radius 1 is 1.46 bits per heavy atom. The quantitative estimate of drug-likeness (QED) is 0.788. The Hall–Kier alpha value is -0.410. The summed E-state index contributed by atoms with van der Waals surface area (Å²) >= 11 is 1.64. The number of aromatic nitrogens is 1. The van der Waals surface area contributed by atoms with Gasteiger partial charge in [0.05, 0.1) is 17.3 Å². The Bertz CT molecular complexity index is 247. The van der Waals surface area contributed by atoms with Crippen molar-refractivity contribution in [1.29, 1.82) is 0 Å². The number of hydrogen-bond acceptors (Lipinski definition) is 3. The number of thiazole rings is 1. The first-order chi connectivity index (χ1) is 6.36. The van der Waals surface area contributed by atoms with Crippen molar-refractivity contribution in [3.63, 3.8) is 0 Å². The second-order valence-electron chi connectivity index (χ2n) is 3.80. The Kier molecular flexibility index (Phi) is 2.96. The average molecular weight is 197 g/mol. The highest BCUT2D eigenvalue weighted by Gasteiger charge is 2.23. The highest BCUT2D eigenvalue weighted by atomic mass is 32.1. The summed E-state index contributed by atoms with van der Waals surface area (Å²) in [6, 6.07) is 0. The third-order valence-corrected chi connectivity index (χ3v) is 3.46. The largest absolute Gasteiger partial charge is 0.393 e. The summed E-state index contributed by atoms with van der Waals surface area (Å²) in [5.74, 6) is 0.454. The lowest BCUT2D eigenvalue weighted by molar-refractivity contribution is 0.0696. The molecular weight excluding hydrogens is 182 g/mol. The monoisotopic (exact) mass is 197 g/mol. The van der Waals surface area contributed by atoms with Gasteiger partial charge in [-0.3, -0.25) is 0 Å². The minimum absolute atomic E-state index is 0.0875. The van der Waals surface area contributed by atoms with E-state index < -0.39 is 0 Å². The van der Waals surface area contributed by atoms with Gasteiger partial charge < -0.3 is 5.11 Å². The summed E-state index contributed by atoms with van der Waals surface area (Å²) < 4.78 is 0. The van der Waals surface area contributed by atoms with Crippen molar-refractivity contribution in [1.82, 2.24) is 4.98 Å². The van der Waals surface area contributed by atoms with Gasteiger partial charge in [-0.2, -0.15) is 0 Å². The zero-order valence-electron chi connectivity index (χ0n) is 7.65. The second-order valence-corrected chi connectivity index (χ2v) is 4.51. The van der Waals surface area contributed by atoms with Crippen LogP contribution in [0.4, 0.5) is 0 Å². The number of aliphatic hydroxyl groups excluding tert-OH is 1. The van der Waals surface area contributed by atoms with Crippen molar-refractivity contribution in [3.05, 3.63) is 16.6 Å². The van der Waals surface area contributed by atoms with Gasteiger partial charge in [0.15, 0.2) is 0 Å². The molecule has 72 valence electrons. The maximum Gasteiger partial charge on any atom is 0.0794 e. The first-order valence-corrected chi connectivity index (χ1v) is 5.85. The van der Waals surface area contributed by atoms with Crippen LogP contribution in [0, 0.1) is 5.92 Å². The van der Waals surface area contributed by atoms with Crippen LogP contribution in [0.15, 0.2) is 10.9 Å². The molecule has 1 saturated carbocycles. The predicted octanol–water partition coefficient (Wildman–Crippen LogP) is 2.24. The first kappa shape index (κ1) is 9.16. The highest BCUT2D eigenvalue weighted by Crippen LogP contribution is 2.27. The van der Waals surface area contributed by atoms with E-state index >= 15 is 0 Å². The van der Waals surface area contributed by atoms with Crippen molar-refractivity contribution < 1.29 is 5.11 Å². The predicted molar refractivity (Wildman–Crippen MR) is 53.8 cm³/mol. The molecule has 1 heterocycles. The highest BCUT2D eigenvalue weighted by molar-refractivity contribution is 7.07. The summed E-state index contributed by atoms with van der Waals surface area (Å²) in [7, 11) is 0. The van der Waals surface area contributed by atoms with Crippen molar-refractivity contribution in [2.24, 2.45) is 5.92 Å². The average Bonchev–Trinajstić information content (AvgIpc) is 2.61. The van der Waals surface area contributed by atoms with Crippen LogP contribution >= 0.6 is 11.3 Å². The summed E-state index contributed by atoms with van der Waals surface area (Å²) in [4.78, 5) is 4.25. The molecule has 0 radical (unpaired) electrons. The molecule has 0 aliphatic heterocycles. The lowest BCUT2D eigenvalue weighted by Crippen LogP contribution is -2.26. The van der Waals surface area contributed by atoms with Gasteiger partial charge in [0.1, 0.15) is 0 Å². The van der Waals surface area contributed by atoms with Gasteiger partial charge in [-0.1, -0.05) is 12.8 Å². The molecule has 1 N–H and O–H groups in total. The molecule has 2 rings (SSSR count). The van der Waals surface area contributed by atoms with Crippen molar-refractivity contribution in [2.45, 2.75) is 38.2 Å². The first-order valence-electron chi connectivity index (χ1n) is 4.91. The fourth-order valence-electron chi connectivity index (χ4n) is 2.03. The van der Waals surface area contributed by atoms with E-state index in [-0.39, 0.29) is 6.10 Å². The molecule has 0 spiro atoms. The summed E-state index contributed by atoms with van der Waals surface area (Å²) in [6.45, 7) is 0. The Balaban J connectivity index is 1.93. The summed E-state index contributed by atoms with van der Waals surface area (Å²) in [6.07, 6.45) is 5.48. The van der Waals surface area contributed by atoms with E-state index in [1.54, 1.807) is 11.3 Å². The molecule has 2 atom stereocenters. The fourth-order valence-corrected chi connectivity index (χ4v) is 2.60. The number of nitrogens with zero attached hydrogens (tertiary/aromatic N) is 1. The van der Waals surface area contributed by atoms with Crippen LogP contribution in [-0.4, -0.2) is 16.2 Å². The Morgan fingerprint density at radius 2 is 2.31 bits per heavy atom. The Labute approximate surface area is 82.6 Å². The smallest absolute Gasteiger partial charge is 0.0794 e. The van der Waals surface area contributed by atoms with Gasteiger partial charge in [0.2, 0.25) is 0 Å². The zero-order chi connectivity index (χ0) is 9.10. The zero-order valence-corrected chi connectivity index (χ0v) is 8.46. The molecule has 1 aliphatic rings. The molecule has 1 aromatic heterocycles. The normalized spacial score (nSPS) is 29.0. The molecule has 0 amide bonds. The van der Waals surface area contributed by atoms with Crippen molar-refractivity contribution in [3.8, 4) is 0 Å². The van der Waals surface area contributed by atoms with E-state index in [1.807, 2.05) is 5.51 Å². The molecular formula is C10H15NOS. The standard InChI is InChI=1S/C10H15NOS/c12-10-4-2-1-3-8(10)5-9-6-13-7-11-9/h6-8,10,12H,1-5H2/t8-,10+/m0/s1. The molecule has 0 aromatic carbocycles. The molecule has 0 bridgehead atoms. The van der Waals surface area contributed by atoms with E-state index in [0.717, 1.165) is 18.5 Å². The topological polar surface area (TPSA) is 33.1 Å². The second kappa shape index (κ2) is 4.20. The molecule has 1 fully saturated rings. The number of hydrogen-bond donors (Lipinski definition) is 1. The van der Waals surface area contributed by atoms with E-state index in [2.05, 4.69) is 10.4 Å². The number of rotatable bonds is 2. The van der Waals surface area contributed by atoms with E-state index in [0.29, 0.717) is 5.92 Å². The minimum Gasteiger partial charge on any atom is -0.393 e. The molecule has 13 heavy (non-hydrogen) atoms. The lowest BCUT2D eigenvalue weighted by atomic mass is 9.84. The van der Waals surface area contributed by atoms with Gasteiger partial charge in [0.25, 0.3) is 0 Å². The molecule has 0 saturated heterocycles. The summed E-state index contributed by atoms with van der Waals surface area (Å²) in [5.41, 5.74) is 3.01. The van der Waals surface area contributed by atoms with Crippen molar-refractivity contribution in [2.75, 3.05) is 0 Å². The molecule has 1 aliphatic carbocycles. The molecule has 3 heteroatoms. The molecule has 1 aromatic rings. The van der Waals surface area contributed by atoms with Crippen LogP contribution in [0.3, 0.4) is 0 Å². The van der Waals surface area contributed by atoms with Gasteiger partial charge in [0, 0.05) is 5.38 Å². The SMILES string of the molecule is O[C@@H]1CCCC[C@H]1Cc1cscn1. The van der Waals surface area contributed by atoms with Gasteiger partial charge in [-0.25, -0.2) is 4.98 Å². The minimum atomic E-state index is -0.0875. The molecule has 2 nitrogen and oxygen atoms in total. The van der Waals surface area contributed by atoms with Gasteiger partial charge in [-0.05, 0) is 25.2 Å². The summed E-state index contributed by atoms with van der Waals surface area (Å²) in [5, 5.41) is 11.8. The van der Waals surface area contributed by atoms with Crippen LogP contribution in [0.1, 0.15) is 31.4 Å². The van der Waals surface area contributed by atoms with Crippen LogP contribution in [-0.2, 0) is 6.42 Å². The molecule has 0 unspecified atom stereocenters. The lowest BCUT2D eigenvalue weighted by Gasteiger charge is -2.26. The fraction of sp³-hybridized carbons (Fsp3) is 0.700.